The number of rotatable bonds is 3. The highest BCUT2D eigenvalue weighted by molar-refractivity contribution is 6.30. The number of fused-ring (bicyclic) bond motifs is 1. The third kappa shape index (κ3) is 2.40. The second kappa shape index (κ2) is 5.02. The van der Waals surface area contributed by atoms with Crippen LogP contribution in [-0.2, 0) is 16.0 Å². The van der Waals surface area contributed by atoms with Gasteiger partial charge in [-0.25, -0.2) is 9.50 Å². The standard InChI is InChI=1S/C14H12ClN3O2/c1-20-14(19)6-11-8-18-13(16-11)7-12(17-18)9-3-2-4-10(15)5-9/h2-5,7-8,17H,6H2,1H3. The number of esters is 1. The Labute approximate surface area is 120 Å². The lowest BCUT2D eigenvalue weighted by molar-refractivity contribution is -0.139. The summed E-state index contributed by atoms with van der Waals surface area (Å²) in [4.78, 5) is 15.6. The molecule has 3 aromatic rings. The van der Waals surface area contributed by atoms with Gasteiger partial charge in [-0.2, -0.15) is 0 Å². The zero-order valence-corrected chi connectivity index (χ0v) is 11.5. The molecule has 0 radical (unpaired) electrons. The number of nitrogens with one attached hydrogen (secondary N) is 1. The van der Waals surface area contributed by atoms with Gasteiger partial charge >= 0.3 is 5.97 Å². The highest BCUT2D eigenvalue weighted by Gasteiger charge is 2.10. The normalized spacial score (nSPS) is 10.9. The Bertz CT molecular complexity index is 744. The van der Waals surface area contributed by atoms with Crippen LogP contribution in [0.5, 0.6) is 0 Å². The molecule has 0 bridgehead atoms. The zero-order chi connectivity index (χ0) is 14.1. The lowest BCUT2D eigenvalue weighted by atomic mass is 10.1. The highest BCUT2D eigenvalue weighted by Crippen LogP contribution is 2.22. The molecule has 0 saturated carbocycles. The lowest BCUT2D eigenvalue weighted by Crippen LogP contribution is -2.04. The maximum atomic E-state index is 11.2. The van der Waals surface area contributed by atoms with E-state index < -0.39 is 0 Å². The quantitative estimate of drug-likeness (QED) is 0.754. The van der Waals surface area contributed by atoms with Crippen molar-refractivity contribution < 1.29 is 9.53 Å². The first kappa shape index (κ1) is 12.7. The smallest absolute Gasteiger partial charge is 0.311 e. The van der Waals surface area contributed by atoms with E-state index in [4.69, 9.17) is 11.6 Å². The number of imidazole rings is 1. The van der Waals surface area contributed by atoms with Gasteiger partial charge in [-0.1, -0.05) is 23.7 Å². The minimum atomic E-state index is -0.305. The van der Waals surface area contributed by atoms with E-state index in [9.17, 15) is 4.79 Å². The van der Waals surface area contributed by atoms with Gasteiger partial charge in [0.25, 0.3) is 0 Å². The minimum Gasteiger partial charge on any atom is -0.469 e. The van der Waals surface area contributed by atoms with E-state index in [0.29, 0.717) is 10.7 Å². The first-order chi connectivity index (χ1) is 9.65. The molecule has 0 aliphatic carbocycles. The van der Waals surface area contributed by atoms with Crippen molar-refractivity contribution in [1.29, 1.82) is 0 Å². The highest BCUT2D eigenvalue weighted by atomic mass is 35.5. The number of halogens is 1. The Morgan fingerprint density at radius 1 is 1.45 bits per heavy atom. The molecule has 2 aromatic heterocycles. The Morgan fingerprint density at radius 3 is 3.00 bits per heavy atom. The monoisotopic (exact) mass is 289 g/mol. The van der Waals surface area contributed by atoms with Gasteiger partial charge in [-0.05, 0) is 12.1 Å². The molecular formula is C14H12ClN3O2. The van der Waals surface area contributed by atoms with Crippen LogP contribution in [0.25, 0.3) is 16.9 Å². The van der Waals surface area contributed by atoms with Crippen molar-refractivity contribution in [3.8, 4) is 11.3 Å². The molecule has 0 aliphatic rings. The van der Waals surface area contributed by atoms with Crippen molar-refractivity contribution in [2.75, 3.05) is 7.11 Å². The van der Waals surface area contributed by atoms with E-state index in [2.05, 4.69) is 14.8 Å². The van der Waals surface area contributed by atoms with Gasteiger partial charge in [0.05, 0.1) is 31.1 Å². The molecule has 1 N–H and O–H groups in total. The number of carbonyl (C=O) groups is 1. The van der Waals surface area contributed by atoms with Crippen molar-refractivity contribution in [2.45, 2.75) is 6.42 Å². The number of carbonyl (C=O) groups excluding carboxylic acids is 1. The number of hydrogen-bond donors (Lipinski definition) is 1. The lowest BCUT2D eigenvalue weighted by Gasteiger charge is -1.98. The molecular weight excluding hydrogens is 278 g/mol. The van der Waals surface area contributed by atoms with Gasteiger partial charge in [0.1, 0.15) is 0 Å². The summed E-state index contributed by atoms with van der Waals surface area (Å²) in [6.45, 7) is 0. The van der Waals surface area contributed by atoms with Gasteiger partial charge in [0.2, 0.25) is 0 Å². The molecule has 0 aliphatic heterocycles. The molecule has 20 heavy (non-hydrogen) atoms. The van der Waals surface area contributed by atoms with Crippen molar-refractivity contribution in [2.24, 2.45) is 0 Å². The summed E-state index contributed by atoms with van der Waals surface area (Å²) in [6, 6.07) is 9.47. The molecule has 102 valence electrons. The predicted octanol–water partition coefficient (Wildman–Crippen LogP) is 2.70. The Morgan fingerprint density at radius 2 is 2.30 bits per heavy atom. The van der Waals surface area contributed by atoms with Crippen LogP contribution in [0.4, 0.5) is 0 Å². The largest absolute Gasteiger partial charge is 0.469 e. The SMILES string of the molecule is COC(=O)Cc1cn2[nH]c(-c3cccc(Cl)c3)cc2n1. The van der Waals surface area contributed by atoms with E-state index in [1.807, 2.05) is 30.3 Å². The van der Waals surface area contributed by atoms with Crippen molar-refractivity contribution in [3.63, 3.8) is 0 Å². The Kier molecular flexibility index (Phi) is 3.20. The van der Waals surface area contributed by atoms with Gasteiger partial charge < -0.3 is 4.74 Å². The molecule has 0 spiro atoms. The molecule has 0 atom stereocenters. The van der Waals surface area contributed by atoms with Crippen LogP contribution >= 0.6 is 11.6 Å². The molecule has 5 nitrogen and oxygen atoms in total. The zero-order valence-electron chi connectivity index (χ0n) is 10.8. The third-order valence-corrected chi connectivity index (χ3v) is 3.22. The van der Waals surface area contributed by atoms with Crippen molar-refractivity contribution >= 4 is 23.2 Å². The second-order valence-corrected chi connectivity index (χ2v) is 4.83. The first-order valence-corrected chi connectivity index (χ1v) is 6.43. The number of nitrogens with zero attached hydrogens (tertiary/aromatic N) is 2. The molecule has 0 unspecified atom stereocenters. The Hall–Kier alpha value is -2.27. The van der Waals surface area contributed by atoms with Gasteiger partial charge in [0.15, 0.2) is 5.65 Å². The first-order valence-electron chi connectivity index (χ1n) is 6.05. The predicted molar refractivity (Wildman–Crippen MR) is 75.7 cm³/mol. The third-order valence-electron chi connectivity index (χ3n) is 2.99. The molecule has 0 saturated heterocycles. The number of H-pyrrole nitrogens is 1. The maximum Gasteiger partial charge on any atom is 0.311 e. The molecule has 2 heterocycles. The van der Waals surface area contributed by atoms with Crippen LogP contribution in [0.15, 0.2) is 36.5 Å². The number of hydrogen-bond acceptors (Lipinski definition) is 3. The molecule has 1 aromatic carbocycles. The fourth-order valence-corrected chi connectivity index (χ4v) is 2.23. The number of aromatic amines is 1. The topological polar surface area (TPSA) is 59.4 Å². The van der Waals surface area contributed by atoms with E-state index >= 15 is 0 Å². The average molecular weight is 290 g/mol. The number of benzene rings is 1. The van der Waals surface area contributed by atoms with E-state index in [1.165, 1.54) is 7.11 Å². The Balaban J connectivity index is 1.93. The average Bonchev–Trinajstić information content (AvgIpc) is 2.96. The number of aromatic nitrogens is 3. The fourth-order valence-electron chi connectivity index (χ4n) is 2.04. The van der Waals surface area contributed by atoms with Gasteiger partial charge in [-0.3, -0.25) is 9.89 Å². The fraction of sp³-hybridized carbons (Fsp3) is 0.143. The summed E-state index contributed by atoms with van der Waals surface area (Å²) in [6.07, 6.45) is 1.94. The van der Waals surface area contributed by atoms with E-state index in [1.54, 1.807) is 10.7 Å². The second-order valence-electron chi connectivity index (χ2n) is 4.39. The summed E-state index contributed by atoms with van der Waals surface area (Å²) in [5.41, 5.74) is 3.32. The van der Waals surface area contributed by atoms with Crippen molar-refractivity contribution in [1.82, 2.24) is 14.6 Å². The van der Waals surface area contributed by atoms with Crippen LogP contribution in [-0.4, -0.2) is 27.7 Å². The van der Waals surface area contributed by atoms with E-state index in [-0.39, 0.29) is 12.4 Å². The van der Waals surface area contributed by atoms with Crippen molar-refractivity contribution in [3.05, 3.63) is 47.2 Å². The van der Waals surface area contributed by atoms with E-state index in [0.717, 1.165) is 16.9 Å². The van der Waals surface area contributed by atoms with Gasteiger partial charge in [-0.15, -0.1) is 0 Å². The van der Waals surface area contributed by atoms with Gasteiger partial charge in [0, 0.05) is 16.7 Å². The van der Waals surface area contributed by atoms with Crippen LogP contribution in [0.1, 0.15) is 5.69 Å². The minimum absolute atomic E-state index is 0.165. The van der Waals surface area contributed by atoms with Crippen LogP contribution in [0.2, 0.25) is 5.02 Å². The maximum absolute atomic E-state index is 11.2. The summed E-state index contributed by atoms with van der Waals surface area (Å²) in [7, 11) is 1.36. The summed E-state index contributed by atoms with van der Waals surface area (Å²) < 4.78 is 6.39. The summed E-state index contributed by atoms with van der Waals surface area (Å²) in [5.74, 6) is -0.305. The van der Waals surface area contributed by atoms with Crippen LogP contribution < -0.4 is 0 Å². The number of methoxy groups -OCH3 is 1. The van der Waals surface area contributed by atoms with Crippen LogP contribution in [0, 0.1) is 0 Å². The summed E-state index contributed by atoms with van der Waals surface area (Å²) in [5, 5.41) is 3.88. The molecule has 6 heteroatoms. The number of ether oxygens (including phenoxy) is 1. The molecule has 0 amide bonds. The molecule has 3 rings (SSSR count). The van der Waals surface area contributed by atoms with Crippen LogP contribution in [0.3, 0.4) is 0 Å². The molecule has 0 fully saturated rings. The summed E-state index contributed by atoms with van der Waals surface area (Å²) >= 11 is 5.98.